The summed E-state index contributed by atoms with van der Waals surface area (Å²) >= 11 is 0. The summed E-state index contributed by atoms with van der Waals surface area (Å²) < 4.78 is 5.35. The first kappa shape index (κ1) is 12.4. The molecule has 1 aliphatic rings. The van der Waals surface area contributed by atoms with Gasteiger partial charge in [-0.2, -0.15) is 0 Å². The third-order valence-electron chi connectivity index (χ3n) is 4.14. The molecule has 0 aliphatic heterocycles. The summed E-state index contributed by atoms with van der Waals surface area (Å²) in [6.45, 7) is 0. The van der Waals surface area contributed by atoms with Gasteiger partial charge in [-0.25, -0.2) is 0 Å². The maximum atomic E-state index is 5.35. The molecule has 0 heterocycles. The lowest BCUT2D eigenvalue weighted by Crippen LogP contribution is -2.43. The van der Waals surface area contributed by atoms with Crippen LogP contribution in [0.1, 0.15) is 37.7 Å². The number of hydrogen-bond acceptors (Lipinski definition) is 2. The summed E-state index contributed by atoms with van der Waals surface area (Å²) in [6, 6.07) is 8.57. The van der Waals surface area contributed by atoms with Crippen LogP contribution in [0.25, 0.3) is 0 Å². The van der Waals surface area contributed by atoms with Crippen molar-refractivity contribution in [1.82, 2.24) is 4.90 Å². The molecule has 2 heteroatoms. The van der Waals surface area contributed by atoms with Crippen LogP contribution in [0, 0.1) is 0 Å². The average molecular weight is 233 g/mol. The van der Waals surface area contributed by atoms with Crippen LogP contribution in [0.2, 0.25) is 0 Å². The Labute approximate surface area is 105 Å². The molecule has 0 spiro atoms. The molecule has 1 aromatic carbocycles. The first-order valence-corrected chi connectivity index (χ1v) is 6.51. The van der Waals surface area contributed by atoms with Crippen LogP contribution < -0.4 is 4.74 Å². The van der Waals surface area contributed by atoms with E-state index in [1.54, 1.807) is 7.11 Å². The Hall–Kier alpha value is -1.02. The van der Waals surface area contributed by atoms with Gasteiger partial charge in [0.05, 0.1) is 7.11 Å². The minimum Gasteiger partial charge on any atom is -0.497 e. The minimum atomic E-state index is 0.215. The van der Waals surface area contributed by atoms with Crippen molar-refractivity contribution in [1.29, 1.82) is 0 Å². The van der Waals surface area contributed by atoms with E-state index < -0.39 is 0 Å². The summed E-state index contributed by atoms with van der Waals surface area (Å²) in [5, 5.41) is 0. The zero-order chi connectivity index (χ0) is 12.3. The molecule has 0 bridgehead atoms. The van der Waals surface area contributed by atoms with E-state index in [-0.39, 0.29) is 5.54 Å². The molecule has 1 fully saturated rings. The zero-order valence-electron chi connectivity index (χ0n) is 11.2. The predicted octanol–water partition coefficient (Wildman–Crippen LogP) is 3.42. The van der Waals surface area contributed by atoms with Gasteiger partial charge in [-0.3, -0.25) is 4.90 Å². The predicted molar refractivity (Wildman–Crippen MR) is 71.4 cm³/mol. The van der Waals surface area contributed by atoms with Gasteiger partial charge in [0.2, 0.25) is 0 Å². The third-order valence-corrected chi connectivity index (χ3v) is 4.14. The number of rotatable bonds is 3. The Balaban J connectivity index is 2.37. The van der Waals surface area contributed by atoms with E-state index in [1.165, 1.54) is 37.7 Å². The van der Waals surface area contributed by atoms with Gasteiger partial charge in [0.25, 0.3) is 0 Å². The van der Waals surface area contributed by atoms with Crippen LogP contribution in [-0.4, -0.2) is 26.1 Å². The zero-order valence-corrected chi connectivity index (χ0v) is 11.2. The molecule has 1 saturated carbocycles. The van der Waals surface area contributed by atoms with Gasteiger partial charge >= 0.3 is 0 Å². The van der Waals surface area contributed by atoms with E-state index in [9.17, 15) is 0 Å². The second kappa shape index (κ2) is 5.09. The van der Waals surface area contributed by atoms with E-state index in [4.69, 9.17) is 4.74 Å². The number of hydrogen-bond donors (Lipinski definition) is 0. The Bertz CT molecular complexity index is 367. The molecule has 0 unspecified atom stereocenters. The van der Waals surface area contributed by atoms with Crippen LogP contribution in [0.5, 0.6) is 5.75 Å². The maximum absolute atomic E-state index is 5.35. The van der Waals surface area contributed by atoms with Crippen molar-refractivity contribution in [2.24, 2.45) is 0 Å². The highest BCUT2D eigenvalue weighted by atomic mass is 16.5. The SMILES string of the molecule is COc1cccc(C2(N(C)C)CCCCC2)c1. The minimum absolute atomic E-state index is 0.215. The quantitative estimate of drug-likeness (QED) is 0.793. The van der Waals surface area contributed by atoms with Gasteiger partial charge in [-0.1, -0.05) is 31.4 Å². The fourth-order valence-corrected chi connectivity index (χ4v) is 3.04. The molecular formula is C15H23NO. The Kier molecular flexibility index (Phi) is 3.72. The molecule has 0 atom stereocenters. The van der Waals surface area contributed by atoms with E-state index in [1.807, 2.05) is 6.07 Å². The van der Waals surface area contributed by atoms with Crippen molar-refractivity contribution in [2.45, 2.75) is 37.6 Å². The van der Waals surface area contributed by atoms with E-state index in [2.05, 4.69) is 37.2 Å². The lowest BCUT2D eigenvalue weighted by molar-refractivity contribution is 0.0986. The fourth-order valence-electron chi connectivity index (χ4n) is 3.04. The molecule has 0 radical (unpaired) electrons. The molecular weight excluding hydrogens is 210 g/mol. The molecule has 0 amide bonds. The van der Waals surface area contributed by atoms with Crippen LogP contribution in [0.3, 0.4) is 0 Å². The highest BCUT2D eigenvalue weighted by Gasteiger charge is 2.35. The monoisotopic (exact) mass is 233 g/mol. The van der Waals surface area contributed by atoms with Crippen LogP contribution in [0.4, 0.5) is 0 Å². The van der Waals surface area contributed by atoms with Gasteiger partial charge in [0, 0.05) is 5.54 Å². The van der Waals surface area contributed by atoms with Crippen LogP contribution >= 0.6 is 0 Å². The molecule has 1 aromatic rings. The molecule has 17 heavy (non-hydrogen) atoms. The number of nitrogens with zero attached hydrogens (tertiary/aromatic N) is 1. The molecule has 0 saturated heterocycles. The smallest absolute Gasteiger partial charge is 0.119 e. The van der Waals surface area contributed by atoms with Crippen molar-refractivity contribution in [2.75, 3.05) is 21.2 Å². The highest BCUT2D eigenvalue weighted by Crippen LogP contribution is 2.41. The topological polar surface area (TPSA) is 12.5 Å². The van der Waals surface area contributed by atoms with Gasteiger partial charge in [-0.15, -0.1) is 0 Å². The Morgan fingerprint density at radius 3 is 2.41 bits per heavy atom. The lowest BCUT2D eigenvalue weighted by atomic mass is 9.75. The van der Waals surface area contributed by atoms with E-state index in [0.717, 1.165) is 5.75 Å². The molecule has 2 nitrogen and oxygen atoms in total. The summed E-state index contributed by atoms with van der Waals surface area (Å²) in [7, 11) is 6.14. The van der Waals surface area contributed by atoms with Crippen LogP contribution in [-0.2, 0) is 5.54 Å². The largest absolute Gasteiger partial charge is 0.497 e. The normalized spacial score (nSPS) is 19.3. The number of benzene rings is 1. The molecule has 94 valence electrons. The molecule has 0 N–H and O–H groups in total. The summed E-state index contributed by atoms with van der Waals surface area (Å²) in [6.07, 6.45) is 6.55. The Morgan fingerprint density at radius 1 is 1.12 bits per heavy atom. The second-order valence-corrected chi connectivity index (χ2v) is 5.22. The van der Waals surface area contributed by atoms with E-state index >= 15 is 0 Å². The summed E-state index contributed by atoms with van der Waals surface area (Å²) in [5.74, 6) is 0.967. The summed E-state index contributed by atoms with van der Waals surface area (Å²) in [5.41, 5.74) is 1.62. The van der Waals surface area contributed by atoms with Gasteiger partial charge in [-0.05, 0) is 44.6 Å². The van der Waals surface area contributed by atoms with Crippen molar-refractivity contribution in [3.63, 3.8) is 0 Å². The van der Waals surface area contributed by atoms with Crippen molar-refractivity contribution < 1.29 is 4.74 Å². The summed E-state index contributed by atoms with van der Waals surface area (Å²) in [4.78, 5) is 2.39. The first-order valence-electron chi connectivity index (χ1n) is 6.51. The third kappa shape index (κ3) is 2.32. The van der Waals surface area contributed by atoms with Gasteiger partial charge < -0.3 is 4.74 Å². The molecule has 0 aromatic heterocycles. The molecule has 1 aliphatic carbocycles. The standard InChI is InChI=1S/C15H23NO/c1-16(2)15(10-5-4-6-11-15)13-8-7-9-14(12-13)17-3/h7-9,12H,4-6,10-11H2,1-3H3. The van der Waals surface area contributed by atoms with Gasteiger partial charge in [0.15, 0.2) is 0 Å². The second-order valence-electron chi connectivity index (χ2n) is 5.22. The van der Waals surface area contributed by atoms with Crippen molar-refractivity contribution in [3.8, 4) is 5.75 Å². The first-order chi connectivity index (χ1) is 8.19. The molecule has 2 rings (SSSR count). The van der Waals surface area contributed by atoms with Gasteiger partial charge in [0.1, 0.15) is 5.75 Å². The fraction of sp³-hybridized carbons (Fsp3) is 0.600. The maximum Gasteiger partial charge on any atom is 0.119 e. The Morgan fingerprint density at radius 2 is 1.82 bits per heavy atom. The average Bonchev–Trinajstić information content (AvgIpc) is 2.39. The van der Waals surface area contributed by atoms with Crippen molar-refractivity contribution in [3.05, 3.63) is 29.8 Å². The van der Waals surface area contributed by atoms with E-state index in [0.29, 0.717) is 0 Å². The highest BCUT2D eigenvalue weighted by molar-refractivity contribution is 5.33. The van der Waals surface area contributed by atoms with Crippen LogP contribution in [0.15, 0.2) is 24.3 Å². The lowest BCUT2D eigenvalue weighted by Gasteiger charge is -2.43. The number of methoxy groups -OCH3 is 1. The van der Waals surface area contributed by atoms with Crippen molar-refractivity contribution >= 4 is 0 Å². The number of ether oxygens (including phenoxy) is 1.